The van der Waals surface area contributed by atoms with E-state index >= 15 is 0 Å². The van der Waals surface area contributed by atoms with Gasteiger partial charge in [-0.3, -0.25) is 4.79 Å². The number of nitrogens with zero attached hydrogens (tertiary/aromatic N) is 1. The van der Waals surface area contributed by atoms with Crippen molar-refractivity contribution in [2.45, 2.75) is 51.9 Å². The molecule has 156 valence electrons. The monoisotopic (exact) mass is 405 g/mol. The zero-order chi connectivity index (χ0) is 21.1. The molecule has 2 aromatic carbocycles. The van der Waals surface area contributed by atoms with Crippen LogP contribution in [0.5, 0.6) is 5.75 Å². The molecule has 0 saturated heterocycles. The Balaban J connectivity index is 1.37. The number of benzene rings is 2. The Hall–Kier alpha value is -3.08. The Labute approximate surface area is 176 Å². The third kappa shape index (κ3) is 4.40. The molecule has 1 aliphatic carbocycles. The van der Waals surface area contributed by atoms with E-state index in [0.717, 1.165) is 47.6 Å². The highest BCUT2D eigenvalue weighted by atomic mass is 16.5. The summed E-state index contributed by atoms with van der Waals surface area (Å²) in [6.07, 6.45) is 3.68. The van der Waals surface area contributed by atoms with Crippen molar-refractivity contribution in [1.29, 1.82) is 0 Å². The predicted octanol–water partition coefficient (Wildman–Crippen LogP) is 5.34. The van der Waals surface area contributed by atoms with Gasteiger partial charge in [0.25, 0.3) is 0 Å². The fourth-order valence-corrected chi connectivity index (χ4v) is 4.13. The summed E-state index contributed by atoms with van der Waals surface area (Å²) in [6.45, 7) is 4.58. The number of hydrogen-bond donors (Lipinski definition) is 1. The van der Waals surface area contributed by atoms with Crippen molar-refractivity contribution >= 4 is 5.97 Å². The second kappa shape index (κ2) is 8.74. The van der Waals surface area contributed by atoms with Crippen LogP contribution >= 0.6 is 0 Å². The van der Waals surface area contributed by atoms with E-state index in [2.05, 4.69) is 24.0 Å². The molecule has 30 heavy (non-hydrogen) atoms. The number of fused-ring (bicyclic) bond motifs is 1. The maximum absolute atomic E-state index is 11.0. The Morgan fingerprint density at radius 2 is 2.03 bits per heavy atom. The van der Waals surface area contributed by atoms with Crippen LogP contribution in [0.4, 0.5) is 0 Å². The van der Waals surface area contributed by atoms with Crippen molar-refractivity contribution in [2.75, 3.05) is 6.61 Å². The summed E-state index contributed by atoms with van der Waals surface area (Å²) in [4.78, 5) is 15.7. The highest BCUT2D eigenvalue weighted by molar-refractivity contribution is 5.68. The topological polar surface area (TPSA) is 72.6 Å². The molecule has 0 amide bonds. The summed E-state index contributed by atoms with van der Waals surface area (Å²) in [5, 5.41) is 9.06. The average molecular weight is 405 g/mol. The smallest absolute Gasteiger partial charge is 0.303 e. The standard InChI is InChI=1S/C25H27NO4/c1-3-17-4-6-18(7-5-17)25-26-23(16(2)30-25)12-13-29-21-10-11-22-19(14-21)8-9-20(22)15-24(27)28/h4-7,10-11,14,20H,3,8-9,12-13,15H2,1-2H3,(H,27,28)/t20-/m1/s1. The molecule has 0 spiro atoms. The second-order valence-corrected chi connectivity index (χ2v) is 7.86. The Bertz CT molecular complexity index is 1040. The molecule has 1 heterocycles. The van der Waals surface area contributed by atoms with Crippen molar-refractivity contribution in [3.63, 3.8) is 0 Å². The summed E-state index contributed by atoms with van der Waals surface area (Å²) >= 11 is 0. The van der Waals surface area contributed by atoms with Crippen LogP contribution < -0.4 is 4.74 Å². The Morgan fingerprint density at radius 1 is 1.23 bits per heavy atom. The lowest BCUT2D eigenvalue weighted by atomic mass is 9.98. The molecule has 1 aliphatic rings. The quantitative estimate of drug-likeness (QED) is 0.548. The first-order chi connectivity index (χ1) is 14.5. The van der Waals surface area contributed by atoms with E-state index in [1.54, 1.807) is 0 Å². The summed E-state index contributed by atoms with van der Waals surface area (Å²) < 4.78 is 11.8. The third-order valence-corrected chi connectivity index (χ3v) is 5.85. The predicted molar refractivity (Wildman–Crippen MR) is 115 cm³/mol. The molecular formula is C25H27NO4. The maximum Gasteiger partial charge on any atom is 0.303 e. The largest absolute Gasteiger partial charge is 0.493 e. The van der Waals surface area contributed by atoms with Gasteiger partial charge in [0.2, 0.25) is 5.89 Å². The number of aromatic nitrogens is 1. The Kier molecular flexibility index (Phi) is 5.88. The highest BCUT2D eigenvalue weighted by Gasteiger charge is 2.24. The molecule has 0 saturated carbocycles. The lowest BCUT2D eigenvalue weighted by Crippen LogP contribution is -2.04. The van der Waals surface area contributed by atoms with Crippen LogP contribution in [0.2, 0.25) is 0 Å². The minimum Gasteiger partial charge on any atom is -0.493 e. The van der Waals surface area contributed by atoms with Gasteiger partial charge in [-0.05, 0) is 73.1 Å². The lowest BCUT2D eigenvalue weighted by molar-refractivity contribution is -0.137. The normalized spacial score (nSPS) is 15.2. The van der Waals surface area contributed by atoms with Gasteiger partial charge in [-0.15, -0.1) is 0 Å². The number of hydrogen-bond acceptors (Lipinski definition) is 4. The van der Waals surface area contributed by atoms with Gasteiger partial charge in [0, 0.05) is 12.0 Å². The fourth-order valence-electron chi connectivity index (χ4n) is 4.13. The molecule has 1 aromatic heterocycles. The molecule has 0 radical (unpaired) electrons. The zero-order valence-electron chi connectivity index (χ0n) is 17.5. The van der Waals surface area contributed by atoms with Gasteiger partial charge in [0.05, 0.1) is 18.7 Å². The van der Waals surface area contributed by atoms with E-state index in [4.69, 9.17) is 14.3 Å². The first-order valence-corrected chi connectivity index (χ1v) is 10.6. The van der Waals surface area contributed by atoms with Crippen LogP contribution in [0.1, 0.15) is 53.8 Å². The van der Waals surface area contributed by atoms with E-state index in [-0.39, 0.29) is 12.3 Å². The van der Waals surface area contributed by atoms with Gasteiger partial charge in [0.15, 0.2) is 0 Å². The van der Waals surface area contributed by atoms with E-state index < -0.39 is 5.97 Å². The van der Waals surface area contributed by atoms with Crippen LogP contribution in [0.25, 0.3) is 11.5 Å². The molecule has 5 nitrogen and oxygen atoms in total. The van der Waals surface area contributed by atoms with Crippen molar-refractivity contribution < 1.29 is 19.1 Å². The highest BCUT2D eigenvalue weighted by Crippen LogP contribution is 2.37. The van der Waals surface area contributed by atoms with Gasteiger partial charge in [0.1, 0.15) is 11.5 Å². The molecular weight excluding hydrogens is 378 g/mol. The molecule has 1 N–H and O–H groups in total. The van der Waals surface area contributed by atoms with Gasteiger partial charge >= 0.3 is 5.97 Å². The average Bonchev–Trinajstić information content (AvgIpc) is 3.31. The van der Waals surface area contributed by atoms with Gasteiger partial charge in [-0.25, -0.2) is 4.98 Å². The van der Waals surface area contributed by atoms with Crippen molar-refractivity contribution in [3.05, 3.63) is 70.6 Å². The van der Waals surface area contributed by atoms with Crippen LogP contribution in [0.3, 0.4) is 0 Å². The number of oxazole rings is 1. The van der Waals surface area contributed by atoms with E-state index in [1.165, 1.54) is 11.1 Å². The molecule has 1 atom stereocenters. The molecule has 0 fully saturated rings. The second-order valence-electron chi connectivity index (χ2n) is 7.86. The first kappa shape index (κ1) is 20.2. The van der Waals surface area contributed by atoms with Gasteiger partial charge in [-0.2, -0.15) is 0 Å². The van der Waals surface area contributed by atoms with Crippen molar-refractivity contribution in [2.24, 2.45) is 0 Å². The molecule has 5 heteroatoms. The molecule has 3 aromatic rings. The van der Waals surface area contributed by atoms with E-state index in [0.29, 0.717) is 18.9 Å². The minimum absolute atomic E-state index is 0.120. The summed E-state index contributed by atoms with van der Waals surface area (Å²) in [7, 11) is 0. The Morgan fingerprint density at radius 3 is 2.77 bits per heavy atom. The molecule has 4 rings (SSSR count). The zero-order valence-corrected chi connectivity index (χ0v) is 17.5. The first-order valence-electron chi connectivity index (χ1n) is 10.6. The number of aryl methyl sites for hydroxylation is 3. The minimum atomic E-state index is -0.739. The lowest BCUT2D eigenvalue weighted by Gasteiger charge is -2.10. The summed E-state index contributed by atoms with van der Waals surface area (Å²) in [5.74, 6) is 1.66. The third-order valence-electron chi connectivity index (χ3n) is 5.85. The van der Waals surface area contributed by atoms with Crippen LogP contribution in [-0.2, 0) is 24.1 Å². The van der Waals surface area contributed by atoms with E-state index in [1.807, 2.05) is 37.3 Å². The number of carboxylic acid groups (broad SMARTS) is 1. The fraction of sp³-hybridized carbons (Fsp3) is 0.360. The number of rotatable bonds is 8. The number of carboxylic acids is 1. The van der Waals surface area contributed by atoms with Crippen molar-refractivity contribution in [3.8, 4) is 17.2 Å². The summed E-state index contributed by atoms with van der Waals surface area (Å²) in [6, 6.07) is 14.3. The SMILES string of the molecule is CCc1ccc(-c2nc(CCOc3ccc4c(c3)CC[C@@H]4CC(=O)O)c(C)o2)cc1. The maximum atomic E-state index is 11.0. The van der Waals surface area contributed by atoms with Crippen LogP contribution in [0, 0.1) is 6.92 Å². The summed E-state index contributed by atoms with van der Waals surface area (Å²) in [5.41, 5.74) is 5.54. The number of ether oxygens (including phenoxy) is 1. The van der Waals surface area contributed by atoms with Crippen LogP contribution in [0.15, 0.2) is 46.9 Å². The molecule has 0 bridgehead atoms. The van der Waals surface area contributed by atoms with Crippen molar-refractivity contribution in [1.82, 2.24) is 4.98 Å². The number of aliphatic carboxylic acids is 1. The van der Waals surface area contributed by atoms with E-state index in [9.17, 15) is 4.79 Å². The molecule has 0 aliphatic heterocycles. The van der Waals surface area contributed by atoms with Gasteiger partial charge < -0.3 is 14.3 Å². The molecule has 0 unspecified atom stereocenters. The van der Waals surface area contributed by atoms with Gasteiger partial charge in [-0.1, -0.05) is 25.1 Å². The number of carbonyl (C=O) groups is 1. The van der Waals surface area contributed by atoms with Crippen LogP contribution in [-0.4, -0.2) is 22.7 Å².